The Morgan fingerprint density at radius 2 is 1.96 bits per heavy atom. The largest absolute Gasteiger partial charge is 0.340 e. The first kappa shape index (κ1) is 18.6. The second-order valence-corrected chi connectivity index (χ2v) is 7.16. The summed E-state index contributed by atoms with van der Waals surface area (Å²) in [6.07, 6.45) is -1.58. The summed E-state index contributed by atoms with van der Waals surface area (Å²) in [6, 6.07) is 1.21. The molecule has 3 atom stereocenters. The highest BCUT2D eigenvalue weighted by molar-refractivity contribution is 5.80. The molecule has 2 saturated heterocycles. The third kappa shape index (κ3) is 4.63. The molecule has 1 N–H and O–H groups in total. The highest BCUT2D eigenvalue weighted by Gasteiger charge is 2.36. The Kier molecular flexibility index (Phi) is 5.75. The van der Waals surface area contributed by atoms with Gasteiger partial charge < -0.3 is 15.1 Å². The summed E-state index contributed by atoms with van der Waals surface area (Å²) in [4.78, 5) is 27.1. The van der Waals surface area contributed by atoms with E-state index in [2.05, 4.69) is 5.32 Å². The maximum Gasteiger partial charge on any atom is 0.237 e. The summed E-state index contributed by atoms with van der Waals surface area (Å²) >= 11 is 0. The summed E-state index contributed by atoms with van der Waals surface area (Å²) in [5, 5.41) is 12.0. The van der Waals surface area contributed by atoms with Crippen molar-refractivity contribution >= 4 is 11.8 Å². The molecule has 8 heteroatoms. The van der Waals surface area contributed by atoms with Gasteiger partial charge in [-0.05, 0) is 20.3 Å². The molecule has 24 heavy (non-hydrogen) atoms. The first-order chi connectivity index (χ1) is 11.2. The molecular formula is C16H24F2N4O2. The molecule has 2 heterocycles. The van der Waals surface area contributed by atoms with Gasteiger partial charge in [0.1, 0.15) is 18.4 Å². The quantitative estimate of drug-likeness (QED) is 0.801. The van der Waals surface area contributed by atoms with Gasteiger partial charge in [0.15, 0.2) is 0 Å². The zero-order chi connectivity index (χ0) is 17.9. The number of nitrogens with zero attached hydrogens (tertiary/aromatic N) is 3. The number of hydrogen-bond acceptors (Lipinski definition) is 4. The molecule has 0 aromatic rings. The number of hydrogen-bond donors (Lipinski definition) is 1. The van der Waals surface area contributed by atoms with E-state index in [0.29, 0.717) is 13.0 Å². The van der Waals surface area contributed by atoms with Crippen molar-refractivity contribution in [2.45, 2.75) is 57.0 Å². The maximum atomic E-state index is 13.4. The zero-order valence-electron chi connectivity index (χ0n) is 14.1. The minimum Gasteiger partial charge on any atom is -0.340 e. The smallest absolute Gasteiger partial charge is 0.237 e. The minimum absolute atomic E-state index is 0.0451. The lowest BCUT2D eigenvalue weighted by molar-refractivity contribution is -0.133. The molecule has 0 bridgehead atoms. The van der Waals surface area contributed by atoms with Gasteiger partial charge in [-0.2, -0.15) is 5.26 Å². The number of nitriles is 1. The summed E-state index contributed by atoms with van der Waals surface area (Å²) < 4.78 is 26.6. The van der Waals surface area contributed by atoms with E-state index in [4.69, 9.17) is 5.26 Å². The number of likely N-dealkylation sites (tertiary alicyclic amines) is 2. The maximum absolute atomic E-state index is 13.4. The van der Waals surface area contributed by atoms with Crippen LogP contribution in [-0.4, -0.2) is 71.7 Å². The Labute approximate surface area is 140 Å². The molecule has 0 aromatic carbocycles. The van der Waals surface area contributed by atoms with Gasteiger partial charge in [-0.15, -0.1) is 0 Å². The van der Waals surface area contributed by atoms with Crippen molar-refractivity contribution in [2.75, 3.05) is 26.2 Å². The molecule has 2 fully saturated rings. The van der Waals surface area contributed by atoms with Gasteiger partial charge in [-0.1, -0.05) is 0 Å². The molecule has 2 amide bonds. The van der Waals surface area contributed by atoms with Crippen molar-refractivity contribution in [3.63, 3.8) is 0 Å². The van der Waals surface area contributed by atoms with Crippen LogP contribution in [0.25, 0.3) is 0 Å². The lowest BCUT2D eigenvalue weighted by Crippen LogP contribution is -2.49. The van der Waals surface area contributed by atoms with Crippen molar-refractivity contribution in [3.8, 4) is 6.07 Å². The van der Waals surface area contributed by atoms with Crippen molar-refractivity contribution < 1.29 is 18.4 Å². The Balaban J connectivity index is 1.82. The predicted molar refractivity (Wildman–Crippen MR) is 83.4 cm³/mol. The average molecular weight is 342 g/mol. The van der Waals surface area contributed by atoms with Gasteiger partial charge in [0.2, 0.25) is 11.8 Å². The number of rotatable bonds is 5. The van der Waals surface area contributed by atoms with E-state index in [-0.39, 0.29) is 44.3 Å². The van der Waals surface area contributed by atoms with Gasteiger partial charge in [0.25, 0.3) is 0 Å². The van der Waals surface area contributed by atoms with E-state index < -0.39 is 23.9 Å². The lowest BCUT2D eigenvalue weighted by atomic mass is 9.99. The van der Waals surface area contributed by atoms with Gasteiger partial charge in [0, 0.05) is 24.9 Å². The van der Waals surface area contributed by atoms with E-state index in [1.54, 1.807) is 13.8 Å². The van der Waals surface area contributed by atoms with Crippen molar-refractivity contribution in [2.24, 2.45) is 0 Å². The topological polar surface area (TPSA) is 76.4 Å². The molecule has 134 valence electrons. The van der Waals surface area contributed by atoms with Crippen molar-refractivity contribution in [1.29, 1.82) is 5.26 Å². The summed E-state index contributed by atoms with van der Waals surface area (Å²) in [5.74, 6) is -0.507. The van der Waals surface area contributed by atoms with Gasteiger partial charge in [-0.25, -0.2) is 8.78 Å². The van der Waals surface area contributed by atoms with Crippen molar-refractivity contribution in [1.82, 2.24) is 15.1 Å². The fourth-order valence-electron chi connectivity index (χ4n) is 3.10. The molecule has 2 aliphatic heterocycles. The number of carbonyl (C=O) groups is 2. The van der Waals surface area contributed by atoms with Crippen LogP contribution in [0.4, 0.5) is 8.78 Å². The fraction of sp³-hybridized carbons (Fsp3) is 0.812. The normalized spacial score (nSPS) is 27.4. The fourth-order valence-corrected chi connectivity index (χ4v) is 3.10. The first-order valence-corrected chi connectivity index (χ1v) is 8.22. The van der Waals surface area contributed by atoms with Crippen LogP contribution in [0.5, 0.6) is 0 Å². The Morgan fingerprint density at radius 3 is 2.54 bits per heavy atom. The van der Waals surface area contributed by atoms with Crippen LogP contribution < -0.4 is 5.32 Å². The number of carbonyl (C=O) groups excluding carboxylic acids is 2. The Morgan fingerprint density at radius 1 is 1.25 bits per heavy atom. The van der Waals surface area contributed by atoms with Crippen LogP contribution in [0.15, 0.2) is 0 Å². The minimum atomic E-state index is -1.17. The Hall–Kier alpha value is -1.75. The number of halogens is 2. The molecule has 0 spiro atoms. The third-order valence-electron chi connectivity index (χ3n) is 4.51. The molecule has 0 radical (unpaired) electrons. The Bertz CT molecular complexity index is 535. The summed E-state index contributed by atoms with van der Waals surface area (Å²) in [7, 11) is 0. The molecule has 0 aromatic heterocycles. The van der Waals surface area contributed by atoms with E-state index in [9.17, 15) is 18.4 Å². The monoisotopic (exact) mass is 342 g/mol. The molecule has 6 nitrogen and oxygen atoms in total. The highest BCUT2D eigenvalue weighted by Crippen LogP contribution is 2.20. The van der Waals surface area contributed by atoms with Gasteiger partial charge in [0.05, 0.1) is 25.7 Å². The summed E-state index contributed by atoms with van der Waals surface area (Å²) in [5.41, 5.74) is -0.655. The highest BCUT2D eigenvalue weighted by atomic mass is 19.1. The van der Waals surface area contributed by atoms with Crippen LogP contribution in [-0.2, 0) is 9.59 Å². The first-order valence-electron chi connectivity index (χ1n) is 8.22. The van der Waals surface area contributed by atoms with E-state index in [1.165, 1.54) is 9.80 Å². The predicted octanol–water partition coefficient (Wildman–Crippen LogP) is 0.778. The molecule has 2 rings (SSSR count). The second kappa shape index (κ2) is 7.43. The number of amides is 2. The zero-order valence-corrected chi connectivity index (χ0v) is 14.1. The number of nitrogens with one attached hydrogen (secondary N) is 1. The number of alkyl halides is 2. The van der Waals surface area contributed by atoms with Gasteiger partial charge in [-0.3, -0.25) is 9.59 Å². The van der Waals surface area contributed by atoms with Crippen LogP contribution in [0.1, 0.15) is 33.1 Å². The van der Waals surface area contributed by atoms with E-state index in [1.807, 2.05) is 6.07 Å². The second-order valence-electron chi connectivity index (χ2n) is 7.16. The molecule has 1 unspecified atom stereocenters. The lowest BCUT2D eigenvalue weighted by Gasteiger charge is -2.29. The third-order valence-corrected chi connectivity index (χ3v) is 4.51. The van der Waals surface area contributed by atoms with Crippen LogP contribution in [0, 0.1) is 11.3 Å². The van der Waals surface area contributed by atoms with Crippen LogP contribution in [0.2, 0.25) is 0 Å². The van der Waals surface area contributed by atoms with E-state index in [0.717, 1.165) is 0 Å². The standard InChI is InChI=1S/C16H24F2N4O2/c1-16(2,6-14(23)21-4-3-11(17)9-21)20-8-15(24)22-10-12(18)5-13(22)7-19/h11-13,20H,3-6,8-10H2,1-2H3/t11?,12-,13-/m0/s1. The van der Waals surface area contributed by atoms with Gasteiger partial charge >= 0.3 is 0 Å². The van der Waals surface area contributed by atoms with Crippen molar-refractivity contribution in [3.05, 3.63) is 0 Å². The SMILES string of the molecule is CC(C)(CC(=O)N1CCC(F)C1)NCC(=O)N1C[C@@H](F)C[C@H]1C#N. The van der Waals surface area contributed by atoms with Crippen LogP contribution >= 0.6 is 0 Å². The average Bonchev–Trinajstić information content (AvgIpc) is 3.10. The molecule has 0 aliphatic carbocycles. The van der Waals surface area contributed by atoms with E-state index >= 15 is 0 Å². The molecular weight excluding hydrogens is 318 g/mol. The molecule has 0 saturated carbocycles. The molecule has 2 aliphatic rings. The summed E-state index contributed by atoms with van der Waals surface area (Å²) in [6.45, 7) is 3.98. The van der Waals surface area contributed by atoms with Crippen LogP contribution in [0.3, 0.4) is 0 Å².